The summed E-state index contributed by atoms with van der Waals surface area (Å²) in [6.07, 6.45) is 3.87. The van der Waals surface area contributed by atoms with E-state index in [-0.39, 0.29) is 11.7 Å². The third-order valence-electron chi connectivity index (χ3n) is 6.45. The predicted octanol–water partition coefficient (Wildman–Crippen LogP) is 6.72. The number of piperidine rings is 1. The number of benzene rings is 3. The molecule has 5 rings (SSSR count). The van der Waals surface area contributed by atoms with Gasteiger partial charge in [0.1, 0.15) is 34.5 Å². The quantitative estimate of drug-likeness (QED) is 0.269. The lowest BCUT2D eigenvalue weighted by molar-refractivity contribution is 0.0607. The Morgan fingerprint density at radius 3 is 2.50 bits per heavy atom. The Labute approximate surface area is 214 Å². The second kappa shape index (κ2) is 11.0. The number of rotatable bonds is 8. The van der Waals surface area contributed by atoms with Gasteiger partial charge in [-0.15, -0.1) is 11.3 Å². The summed E-state index contributed by atoms with van der Waals surface area (Å²) >= 11 is 1.33. The van der Waals surface area contributed by atoms with Gasteiger partial charge >= 0.3 is 5.97 Å². The first kappa shape index (κ1) is 24.2. The highest BCUT2D eigenvalue weighted by atomic mass is 32.1. The van der Waals surface area contributed by atoms with Crippen LogP contribution in [-0.2, 0) is 4.74 Å². The van der Waals surface area contributed by atoms with E-state index in [1.807, 2.05) is 53.9 Å². The Morgan fingerprint density at radius 2 is 1.72 bits per heavy atom. The molecule has 1 N–H and O–H groups in total. The molecule has 0 saturated carbocycles. The van der Waals surface area contributed by atoms with Gasteiger partial charge in [0.05, 0.1) is 7.11 Å². The van der Waals surface area contributed by atoms with E-state index in [4.69, 9.17) is 14.2 Å². The van der Waals surface area contributed by atoms with Crippen LogP contribution in [0.1, 0.15) is 28.9 Å². The van der Waals surface area contributed by atoms with Crippen LogP contribution in [0.4, 0.5) is 0 Å². The molecule has 1 aliphatic rings. The van der Waals surface area contributed by atoms with Crippen molar-refractivity contribution >= 4 is 28.1 Å². The molecule has 3 aromatic carbocycles. The van der Waals surface area contributed by atoms with Crippen LogP contribution >= 0.6 is 11.3 Å². The summed E-state index contributed by atoms with van der Waals surface area (Å²) in [6.45, 7) is 3.91. The first-order valence-corrected chi connectivity index (χ1v) is 13.1. The number of methoxy groups -OCH3 is 1. The molecule has 7 heteroatoms. The highest BCUT2D eigenvalue weighted by Gasteiger charge is 2.20. The van der Waals surface area contributed by atoms with Crippen molar-refractivity contribution in [2.24, 2.45) is 0 Å². The average molecular weight is 504 g/mol. The van der Waals surface area contributed by atoms with E-state index in [2.05, 4.69) is 4.90 Å². The van der Waals surface area contributed by atoms with E-state index in [0.29, 0.717) is 23.0 Å². The fourth-order valence-corrected chi connectivity index (χ4v) is 5.40. The molecule has 2 heterocycles. The Bertz CT molecular complexity index is 1340. The summed E-state index contributed by atoms with van der Waals surface area (Å²) in [5, 5.41) is 13.5. The molecule has 1 saturated heterocycles. The number of thiophene rings is 1. The molecule has 186 valence electrons. The molecule has 0 unspecified atom stereocenters. The topological polar surface area (TPSA) is 68.2 Å². The SMILES string of the molecule is COC(=O)c1sccc1-c1ccc2cc(O)ccc2c1Oc1ccc(OCCN2CCCCC2)cc1. The van der Waals surface area contributed by atoms with Crippen molar-refractivity contribution in [3.05, 3.63) is 70.9 Å². The summed E-state index contributed by atoms with van der Waals surface area (Å²) < 4.78 is 17.4. The molecular formula is C29H29NO5S. The summed E-state index contributed by atoms with van der Waals surface area (Å²) in [5.41, 5.74) is 1.52. The van der Waals surface area contributed by atoms with Crippen molar-refractivity contribution in [1.82, 2.24) is 4.90 Å². The molecule has 0 amide bonds. The zero-order valence-electron chi connectivity index (χ0n) is 20.2. The van der Waals surface area contributed by atoms with Crippen LogP contribution in [0.2, 0.25) is 0 Å². The predicted molar refractivity (Wildman–Crippen MR) is 143 cm³/mol. The van der Waals surface area contributed by atoms with Crippen molar-refractivity contribution in [2.45, 2.75) is 19.3 Å². The number of likely N-dealkylation sites (tertiary alicyclic amines) is 1. The first-order chi connectivity index (χ1) is 17.6. The minimum absolute atomic E-state index is 0.179. The zero-order valence-corrected chi connectivity index (χ0v) is 21.1. The van der Waals surface area contributed by atoms with Gasteiger partial charge in [0.2, 0.25) is 0 Å². The number of hydrogen-bond acceptors (Lipinski definition) is 7. The molecule has 0 bridgehead atoms. The van der Waals surface area contributed by atoms with Crippen LogP contribution in [0.3, 0.4) is 0 Å². The monoisotopic (exact) mass is 503 g/mol. The van der Waals surface area contributed by atoms with Gasteiger partial charge in [0.15, 0.2) is 0 Å². The molecule has 1 aliphatic heterocycles. The van der Waals surface area contributed by atoms with E-state index in [1.54, 1.807) is 12.1 Å². The van der Waals surface area contributed by atoms with Crippen LogP contribution in [-0.4, -0.2) is 49.3 Å². The largest absolute Gasteiger partial charge is 0.508 e. The lowest BCUT2D eigenvalue weighted by atomic mass is 9.99. The summed E-state index contributed by atoms with van der Waals surface area (Å²) in [7, 11) is 1.38. The van der Waals surface area contributed by atoms with E-state index >= 15 is 0 Å². The number of hydrogen-bond donors (Lipinski definition) is 1. The number of esters is 1. The van der Waals surface area contributed by atoms with Gasteiger partial charge < -0.3 is 19.3 Å². The minimum Gasteiger partial charge on any atom is -0.508 e. The van der Waals surface area contributed by atoms with Gasteiger partial charge in [-0.3, -0.25) is 4.90 Å². The van der Waals surface area contributed by atoms with Crippen molar-refractivity contribution in [3.63, 3.8) is 0 Å². The van der Waals surface area contributed by atoms with Crippen LogP contribution in [0.5, 0.6) is 23.0 Å². The van der Waals surface area contributed by atoms with Crippen LogP contribution in [0, 0.1) is 0 Å². The van der Waals surface area contributed by atoms with Crippen molar-refractivity contribution in [2.75, 3.05) is 33.4 Å². The van der Waals surface area contributed by atoms with Crippen molar-refractivity contribution in [3.8, 4) is 34.1 Å². The molecule has 0 spiro atoms. The molecule has 0 aliphatic carbocycles. The smallest absolute Gasteiger partial charge is 0.348 e. The van der Waals surface area contributed by atoms with Crippen molar-refractivity contribution < 1.29 is 24.1 Å². The number of phenols is 1. The maximum atomic E-state index is 12.4. The fraction of sp³-hybridized carbons (Fsp3) is 0.276. The number of ether oxygens (including phenoxy) is 3. The Morgan fingerprint density at radius 1 is 0.944 bits per heavy atom. The van der Waals surface area contributed by atoms with Gasteiger partial charge in [0.25, 0.3) is 0 Å². The standard InChI is InChI=1S/C29H29NO5S/c1-33-29(32)28-26(13-18-36-28)25-11-5-20-19-21(31)6-12-24(20)27(25)35-23-9-7-22(8-10-23)34-17-16-30-14-3-2-4-15-30/h5-13,18-19,31H,2-4,14-17H2,1H3. The Balaban J connectivity index is 1.40. The van der Waals surface area contributed by atoms with E-state index in [1.165, 1.54) is 37.7 Å². The molecule has 0 atom stereocenters. The van der Waals surface area contributed by atoms with Crippen molar-refractivity contribution in [1.29, 1.82) is 0 Å². The second-order valence-electron chi connectivity index (χ2n) is 8.83. The second-order valence-corrected chi connectivity index (χ2v) is 9.74. The van der Waals surface area contributed by atoms with Crippen LogP contribution in [0.25, 0.3) is 21.9 Å². The van der Waals surface area contributed by atoms with Crippen LogP contribution < -0.4 is 9.47 Å². The lowest BCUT2D eigenvalue weighted by Gasteiger charge is -2.26. The molecule has 1 fully saturated rings. The average Bonchev–Trinajstić information content (AvgIpc) is 3.39. The molecule has 0 radical (unpaired) electrons. The Kier molecular flexibility index (Phi) is 7.39. The Hall–Kier alpha value is -3.55. The molecule has 4 aromatic rings. The number of carbonyl (C=O) groups excluding carboxylic acids is 1. The van der Waals surface area contributed by atoms with Gasteiger partial charge in [-0.2, -0.15) is 0 Å². The molecular weight excluding hydrogens is 474 g/mol. The summed E-state index contributed by atoms with van der Waals surface area (Å²) in [6, 6.07) is 18.4. The number of fused-ring (bicyclic) bond motifs is 1. The minimum atomic E-state index is -0.386. The number of aromatic hydroxyl groups is 1. The fourth-order valence-electron chi connectivity index (χ4n) is 4.58. The lowest BCUT2D eigenvalue weighted by Crippen LogP contribution is -2.33. The van der Waals surface area contributed by atoms with E-state index < -0.39 is 0 Å². The summed E-state index contributed by atoms with van der Waals surface area (Å²) in [5.74, 6) is 1.85. The van der Waals surface area contributed by atoms with Gasteiger partial charge in [-0.1, -0.05) is 12.5 Å². The third kappa shape index (κ3) is 5.32. The molecule has 6 nitrogen and oxygen atoms in total. The number of phenolic OH excluding ortho intramolecular Hbond substituents is 1. The van der Waals surface area contributed by atoms with Gasteiger partial charge in [-0.05, 0) is 91.3 Å². The van der Waals surface area contributed by atoms with E-state index in [9.17, 15) is 9.90 Å². The maximum absolute atomic E-state index is 12.4. The normalized spacial score (nSPS) is 14.0. The van der Waals surface area contributed by atoms with E-state index in [0.717, 1.165) is 47.3 Å². The number of carbonyl (C=O) groups is 1. The first-order valence-electron chi connectivity index (χ1n) is 12.2. The molecule has 36 heavy (non-hydrogen) atoms. The maximum Gasteiger partial charge on any atom is 0.348 e. The highest BCUT2D eigenvalue weighted by Crippen LogP contribution is 2.43. The third-order valence-corrected chi connectivity index (χ3v) is 7.34. The molecule has 1 aromatic heterocycles. The van der Waals surface area contributed by atoms with Crippen LogP contribution in [0.15, 0.2) is 66.0 Å². The van der Waals surface area contributed by atoms with Gasteiger partial charge in [0, 0.05) is 23.1 Å². The highest BCUT2D eigenvalue weighted by molar-refractivity contribution is 7.12. The summed E-state index contributed by atoms with van der Waals surface area (Å²) in [4.78, 5) is 15.3. The number of nitrogens with zero attached hydrogens (tertiary/aromatic N) is 1. The van der Waals surface area contributed by atoms with Gasteiger partial charge in [-0.25, -0.2) is 4.79 Å². The zero-order chi connectivity index (χ0) is 24.9.